The number of hydrogen-bond donors (Lipinski definition) is 0. The number of anilines is 3. The summed E-state index contributed by atoms with van der Waals surface area (Å²) in [5, 5.41) is 5.46. The first-order valence-electron chi connectivity index (χ1n) is 16.8. The lowest BCUT2D eigenvalue weighted by Crippen LogP contribution is -2.15. The van der Waals surface area contributed by atoms with Gasteiger partial charge in [-0.2, -0.15) is 0 Å². The number of hydrogen-bond acceptors (Lipinski definition) is 1. The van der Waals surface area contributed by atoms with Crippen LogP contribution in [0, 0.1) is 0 Å². The predicted molar refractivity (Wildman–Crippen MR) is 205 cm³/mol. The Labute approximate surface area is 282 Å². The van der Waals surface area contributed by atoms with Gasteiger partial charge in [0, 0.05) is 22.5 Å². The van der Waals surface area contributed by atoms with Crippen LogP contribution in [0.3, 0.4) is 0 Å². The molecule has 228 valence electrons. The molecule has 0 aliphatic heterocycles. The molecule has 8 aromatic carbocycles. The second-order valence-electron chi connectivity index (χ2n) is 13.4. The number of para-hydroxylation sites is 2. The Hall–Kier alpha value is -5.92. The average molecular weight is 614 g/mol. The van der Waals surface area contributed by atoms with Crippen LogP contribution >= 0.6 is 0 Å². The highest BCUT2D eigenvalue weighted by Gasteiger charge is 2.35. The average Bonchev–Trinajstić information content (AvgIpc) is 3.38. The van der Waals surface area contributed by atoms with Crippen LogP contribution in [-0.4, -0.2) is 0 Å². The molecule has 0 amide bonds. The molecule has 48 heavy (non-hydrogen) atoms. The molecule has 0 bridgehead atoms. The van der Waals surface area contributed by atoms with E-state index >= 15 is 0 Å². The van der Waals surface area contributed by atoms with Gasteiger partial charge in [-0.1, -0.05) is 129 Å². The van der Waals surface area contributed by atoms with Gasteiger partial charge in [-0.05, 0) is 127 Å². The van der Waals surface area contributed by atoms with Crippen LogP contribution in [0.25, 0.3) is 54.9 Å². The lowest BCUT2D eigenvalue weighted by atomic mass is 9.80. The molecule has 0 radical (unpaired) electrons. The highest BCUT2D eigenvalue weighted by atomic mass is 15.1. The molecule has 0 atom stereocenters. The minimum Gasteiger partial charge on any atom is -0.311 e. The zero-order valence-electron chi connectivity index (χ0n) is 27.2. The van der Waals surface area contributed by atoms with Crippen molar-refractivity contribution >= 4 is 38.6 Å². The van der Waals surface area contributed by atoms with Gasteiger partial charge >= 0.3 is 0 Å². The largest absolute Gasteiger partial charge is 0.311 e. The molecule has 1 nitrogen and oxygen atoms in total. The fraction of sp³-hybridized carbons (Fsp3) is 0.0638. The standard InChI is InChI=1S/C47H35N/c1-47(2)43-30-38(32-12-6-3-7-13-32)28-36-22-23-37-29-39(31-44(47)46(37)45(36)43)35-20-18-33(19-21-35)34-24-26-42(27-25-34)48(40-14-8-4-9-15-40)41-16-10-5-11-17-41/h3-31H,1-2H3. The Bertz CT molecular complexity index is 2380. The highest BCUT2D eigenvalue weighted by molar-refractivity contribution is 6.16. The molecule has 0 heterocycles. The minimum atomic E-state index is -0.0872. The quantitative estimate of drug-likeness (QED) is 0.169. The Kier molecular flexibility index (Phi) is 6.55. The summed E-state index contributed by atoms with van der Waals surface area (Å²) in [5.41, 5.74) is 13.7. The summed E-state index contributed by atoms with van der Waals surface area (Å²) in [6.45, 7) is 4.77. The maximum absolute atomic E-state index is 2.44. The predicted octanol–water partition coefficient (Wildman–Crippen LogP) is 13.1. The summed E-state index contributed by atoms with van der Waals surface area (Å²) in [5.74, 6) is 0. The zero-order chi connectivity index (χ0) is 32.2. The van der Waals surface area contributed by atoms with E-state index in [-0.39, 0.29) is 5.41 Å². The van der Waals surface area contributed by atoms with Gasteiger partial charge in [0.2, 0.25) is 0 Å². The van der Waals surface area contributed by atoms with Gasteiger partial charge in [0.15, 0.2) is 0 Å². The maximum atomic E-state index is 2.44. The fourth-order valence-corrected chi connectivity index (χ4v) is 7.68. The van der Waals surface area contributed by atoms with Crippen LogP contribution in [0.2, 0.25) is 0 Å². The van der Waals surface area contributed by atoms with Crippen molar-refractivity contribution in [3.8, 4) is 33.4 Å². The molecule has 0 saturated carbocycles. The van der Waals surface area contributed by atoms with Crippen molar-refractivity contribution in [2.75, 3.05) is 4.90 Å². The van der Waals surface area contributed by atoms with Crippen molar-refractivity contribution in [2.24, 2.45) is 0 Å². The van der Waals surface area contributed by atoms with Crippen LogP contribution in [0.15, 0.2) is 176 Å². The minimum absolute atomic E-state index is 0.0872. The molecule has 1 aliphatic rings. The van der Waals surface area contributed by atoms with E-state index in [4.69, 9.17) is 0 Å². The first-order chi connectivity index (χ1) is 23.5. The van der Waals surface area contributed by atoms with Crippen molar-refractivity contribution in [3.63, 3.8) is 0 Å². The van der Waals surface area contributed by atoms with E-state index in [0.29, 0.717) is 0 Å². The van der Waals surface area contributed by atoms with Crippen LogP contribution in [-0.2, 0) is 5.41 Å². The third-order valence-corrected chi connectivity index (χ3v) is 10.2. The van der Waals surface area contributed by atoms with Gasteiger partial charge in [-0.15, -0.1) is 0 Å². The summed E-state index contributed by atoms with van der Waals surface area (Å²) in [6.07, 6.45) is 0. The van der Waals surface area contributed by atoms with Gasteiger partial charge in [0.1, 0.15) is 0 Å². The summed E-state index contributed by atoms with van der Waals surface area (Å²) in [7, 11) is 0. The van der Waals surface area contributed by atoms with Gasteiger partial charge in [0.05, 0.1) is 0 Å². The molecule has 8 aromatic rings. The van der Waals surface area contributed by atoms with Gasteiger partial charge in [-0.3, -0.25) is 0 Å². The van der Waals surface area contributed by atoms with Crippen molar-refractivity contribution in [1.82, 2.24) is 0 Å². The van der Waals surface area contributed by atoms with Crippen molar-refractivity contribution in [1.29, 1.82) is 0 Å². The number of rotatable bonds is 6. The van der Waals surface area contributed by atoms with Crippen LogP contribution in [0.5, 0.6) is 0 Å². The van der Waals surface area contributed by atoms with E-state index in [2.05, 4.69) is 195 Å². The van der Waals surface area contributed by atoms with Crippen LogP contribution in [0.4, 0.5) is 17.1 Å². The van der Waals surface area contributed by atoms with E-state index in [1.807, 2.05) is 0 Å². The molecule has 0 fully saturated rings. The second kappa shape index (κ2) is 11.1. The van der Waals surface area contributed by atoms with Gasteiger partial charge in [-0.25, -0.2) is 0 Å². The first-order valence-corrected chi connectivity index (χ1v) is 16.8. The second-order valence-corrected chi connectivity index (χ2v) is 13.4. The van der Waals surface area contributed by atoms with Crippen LogP contribution in [0.1, 0.15) is 25.0 Å². The van der Waals surface area contributed by atoms with E-state index < -0.39 is 0 Å². The monoisotopic (exact) mass is 613 g/mol. The maximum Gasteiger partial charge on any atom is 0.0462 e. The summed E-state index contributed by atoms with van der Waals surface area (Å²) in [4.78, 5) is 2.30. The summed E-state index contributed by atoms with van der Waals surface area (Å²) < 4.78 is 0. The molecule has 0 saturated heterocycles. The Morgan fingerprint density at radius 2 is 0.688 bits per heavy atom. The summed E-state index contributed by atoms with van der Waals surface area (Å²) in [6, 6.07) is 64.1. The third-order valence-electron chi connectivity index (χ3n) is 10.2. The first kappa shape index (κ1) is 28.3. The SMILES string of the molecule is CC1(C)c2cc(-c3ccccc3)cc3ccc4cc(-c5ccc(-c6ccc(N(c7ccccc7)c7ccccc7)cc6)cc5)cc1c4c23. The molecule has 1 aliphatic carbocycles. The smallest absolute Gasteiger partial charge is 0.0462 e. The van der Waals surface area contributed by atoms with E-state index in [9.17, 15) is 0 Å². The number of benzene rings is 8. The van der Waals surface area contributed by atoms with Gasteiger partial charge < -0.3 is 4.90 Å². The molecular formula is C47H35N. The molecule has 0 unspecified atom stereocenters. The zero-order valence-corrected chi connectivity index (χ0v) is 27.2. The van der Waals surface area contributed by atoms with Crippen molar-refractivity contribution in [3.05, 3.63) is 187 Å². The Balaban J connectivity index is 1.04. The van der Waals surface area contributed by atoms with E-state index in [0.717, 1.165) is 17.1 Å². The lowest BCUT2D eigenvalue weighted by molar-refractivity contribution is 0.663. The third kappa shape index (κ3) is 4.62. The molecular weight excluding hydrogens is 579 g/mol. The topological polar surface area (TPSA) is 3.24 Å². The van der Waals surface area contributed by atoms with Crippen molar-refractivity contribution < 1.29 is 0 Å². The molecule has 0 spiro atoms. The molecule has 1 heteroatoms. The molecule has 0 N–H and O–H groups in total. The fourth-order valence-electron chi connectivity index (χ4n) is 7.68. The molecule has 0 aromatic heterocycles. The van der Waals surface area contributed by atoms with Gasteiger partial charge in [0.25, 0.3) is 0 Å². The van der Waals surface area contributed by atoms with E-state index in [1.54, 1.807) is 0 Å². The Morgan fingerprint density at radius 3 is 1.15 bits per heavy atom. The van der Waals surface area contributed by atoms with Crippen molar-refractivity contribution in [2.45, 2.75) is 19.3 Å². The summed E-state index contributed by atoms with van der Waals surface area (Å²) >= 11 is 0. The number of nitrogens with zero attached hydrogens (tertiary/aromatic N) is 1. The normalized spacial score (nSPS) is 13.0. The molecule has 9 rings (SSSR count). The van der Waals surface area contributed by atoms with E-state index in [1.165, 1.54) is 66.1 Å². The Morgan fingerprint density at radius 1 is 0.333 bits per heavy atom. The lowest BCUT2D eigenvalue weighted by Gasteiger charge is -2.25. The van der Waals surface area contributed by atoms with Crippen LogP contribution < -0.4 is 4.90 Å². The highest BCUT2D eigenvalue weighted by Crippen LogP contribution is 2.51.